The molecule has 1 heterocycles. The number of hydrogen-bond acceptors (Lipinski definition) is 2. The van der Waals surface area contributed by atoms with Crippen LogP contribution >= 0.6 is 0 Å². The first-order chi connectivity index (χ1) is 9.86. The van der Waals surface area contributed by atoms with Gasteiger partial charge in [0.15, 0.2) is 0 Å². The highest BCUT2D eigenvalue weighted by Crippen LogP contribution is 2.45. The minimum Gasteiger partial charge on any atom is -0.330 e. The normalized spacial score (nSPS) is 31.4. The van der Waals surface area contributed by atoms with Gasteiger partial charge < -0.3 is 5.73 Å². The Morgan fingerprint density at radius 3 is 2.55 bits per heavy atom. The number of nitrogens with zero attached hydrogens (tertiary/aromatic N) is 1. The van der Waals surface area contributed by atoms with E-state index in [0.29, 0.717) is 12.0 Å². The van der Waals surface area contributed by atoms with E-state index in [1.54, 1.807) is 5.56 Å². The second-order valence-electron chi connectivity index (χ2n) is 7.00. The topological polar surface area (TPSA) is 29.3 Å². The maximum Gasteiger partial charge on any atom is 0.0391 e. The van der Waals surface area contributed by atoms with E-state index in [-0.39, 0.29) is 0 Å². The molecular weight excluding hydrogens is 244 g/mol. The molecule has 2 saturated carbocycles. The molecule has 2 unspecified atom stereocenters. The largest absolute Gasteiger partial charge is 0.330 e. The van der Waals surface area contributed by atoms with E-state index < -0.39 is 0 Å². The maximum absolute atomic E-state index is 6.10. The minimum absolute atomic E-state index is 0.583. The van der Waals surface area contributed by atoms with Gasteiger partial charge in [-0.15, -0.1) is 0 Å². The summed E-state index contributed by atoms with van der Waals surface area (Å²) in [6.45, 7) is 2.11. The first-order valence-corrected chi connectivity index (χ1v) is 8.42. The molecule has 2 aliphatic carbocycles. The number of hydrogen-bond donors (Lipinski definition) is 1. The lowest BCUT2D eigenvalue weighted by molar-refractivity contribution is 0.0879. The van der Waals surface area contributed by atoms with E-state index >= 15 is 0 Å². The third-order valence-electron chi connectivity index (χ3n) is 5.41. The summed E-state index contributed by atoms with van der Waals surface area (Å²) in [4.78, 5) is 2.77. The number of benzene rings is 1. The van der Waals surface area contributed by atoms with Gasteiger partial charge in [-0.25, -0.2) is 0 Å². The molecule has 0 amide bonds. The fourth-order valence-corrected chi connectivity index (χ4v) is 4.04. The quantitative estimate of drug-likeness (QED) is 0.908. The van der Waals surface area contributed by atoms with Crippen LogP contribution < -0.4 is 5.73 Å². The molecule has 3 aliphatic rings. The van der Waals surface area contributed by atoms with Crippen LogP contribution in [0.5, 0.6) is 0 Å². The number of piperidine rings is 1. The van der Waals surface area contributed by atoms with E-state index in [4.69, 9.17) is 5.73 Å². The van der Waals surface area contributed by atoms with Gasteiger partial charge in [0, 0.05) is 12.1 Å². The third kappa shape index (κ3) is 2.40. The predicted molar refractivity (Wildman–Crippen MR) is 82.7 cm³/mol. The molecule has 20 heavy (non-hydrogen) atoms. The summed E-state index contributed by atoms with van der Waals surface area (Å²) < 4.78 is 0. The third-order valence-corrected chi connectivity index (χ3v) is 5.41. The van der Waals surface area contributed by atoms with Crippen molar-refractivity contribution in [2.75, 3.05) is 13.1 Å². The van der Waals surface area contributed by atoms with E-state index in [9.17, 15) is 0 Å². The lowest BCUT2D eigenvalue weighted by Gasteiger charge is -2.42. The van der Waals surface area contributed by atoms with Crippen molar-refractivity contribution < 1.29 is 0 Å². The second kappa shape index (κ2) is 5.16. The number of nitrogens with two attached hydrogens (primary N) is 1. The zero-order chi connectivity index (χ0) is 13.5. The zero-order valence-corrected chi connectivity index (χ0v) is 12.3. The van der Waals surface area contributed by atoms with Crippen LogP contribution in [-0.4, -0.2) is 24.0 Å². The van der Waals surface area contributed by atoms with Gasteiger partial charge in [-0.05, 0) is 74.6 Å². The minimum atomic E-state index is 0.583. The first kappa shape index (κ1) is 12.8. The molecule has 0 radical (unpaired) electrons. The smallest absolute Gasteiger partial charge is 0.0391 e. The van der Waals surface area contributed by atoms with Gasteiger partial charge >= 0.3 is 0 Å². The van der Waals surface area contributed by atoms with Gasteiger partial charge in [0.05, 0.1) is 0 Å². The van der Waals surface area contributed by atoms with Crippen LogP contribution in [0.3, 0.4) is 0 Å². The number of rotatable bonds is 4. The highest BCUT2D eigenvalue weighted by Gasteiger charge is 2.40. The summed E-state index contributed by atoms with van der Waals surface area (Å²) in [5, 5.41) is 0. The molecule has 2 heteroatoms. The van der Waals surface area contributed by atoms with Crippen LogP contribution in [0.2, 0.25) is 0 Å². The zero-order valence-electron chi connectivity index (χ0n) is 12.3. The molecule has 3 fully saturated rings. The van der Waals surface area contributed by atoms with E-state index in [2.05, 4.69) is 29.2 Å². The van der Waals surface area contributed by atoms with Crippen molar-refractivity contribution in [3.63, 3.8) is 0 Å². The van der Waals surface area contributed by atoms with Crippen LogP contribution in [0.1, 0.15) is 61.6 Å². The van der Waals surface area contributed by atoms with Crippen LogP contribution in [0.4, 0.5) is 0 Å². The van der Waals surface area contributed by atoms with Crippen molar-refractivity contribution in [1.29, 1.82) is 0 Å². The van der Waals surface area contributed by atoms with Gasteiger partial charge in [-0.1, -0.05) is 24.3 Å². The van der Waals surface area contributed by atoms with Crippen molar-refractivity contribution in [2.24, 2.45) is 11.7 Å². The van der Waals surface area contributed by atoms with Crippen molar-refractivity contribution in [3.05, 3.63) is 35.4 Å². The fourth-order valence-electron chi connectivity index (χ4n) is 4.04. The van der Waals surface area contributed by atoms with E-state index in [1.807, 2.05) is 0 Å². The van der Waals surface area contributed by atoms with Gasteiger partial charge in [0.2, 0.25) is 0 Å². The Bertz CT molecular complexity index is 476. The van der Waals surface area contributed by atoms with Crippen molar-refractivity contribution in [2.45, 2.75) is 56.5 Å². The SMILES string of the molecule is NCC1CCCN(C2CC2)C1c1cccc(C2CC2)c1. The maximum atomic E-state index is 6.10. The molecule has 2 nitrogen and oxygen atoms in total. The molecule has 1 saturated heterocycles. The Morgan fingerprint density at radius 1 is 1.05 bits per heavy atom. The predicted octanol–water partition coefficient (Wildman–Crippen LogP) is 3.44. The van der Waals surface area contributed by atoms with Crippen molar-refractivity contribution in [1.82, 2.24) is 4.90 Å². The molecule has 2 N–H and O–H groups in total. The van der Waals surface area contributed by atoms with Gasteiger partial charge in [-0.2, -0.15) is 0 Å². The lowest BCUT2D eigenvalue weighted by atomic mass is 9.83. The standard InChI is InChI=1S/C18H26N2/c19-12-16-5-2-10-20(17-8-9-17)18(16)15-4-1-3-14(11-15)13-6-7-13/h1,3-4,11,13,16-18H,2,5-10,12,19H2. The Hall–Kier alpha value is -0.860. The van der Waals surface area contributed by atoms with Crippen LogP contribution in [0.25, 0.3) is 0 Å². The van der Waals surface area contributed by atoms with Crippen LogP contribution in [0, 0.1) is 5.92 Å². The molecular formula is C18H26N2. The molecule has 0 bridgehead atoms. The van der Waals surface area contributed by atoms with Crippen molar-refractivity contribution in [3.8, 4) is 0 Å². The van der Waals surface area contributed by atoms with Crippen LogP contribution in [-0.2, 0) is 0 Å². The Morgan fingerprint density at radius 2 is 1.85 bits per heavy atom. The molecule has 0 spiro atoms. The molecule has 1 aromatic rings. The summed E-state index contributed by atoms with van der Waals surface area (Å²) in [5.74, 6) is 1.50. The fraction of sp³-hybridized carbons (Fsp3) is 0.667. The molecule has 1 aromatic carbocycles. The summed E-state index contributed by atoms with van der Waals surface area (Å²) in [5.41, 5.74) is 9.20. The monoisotopic (exact) mass is 270 g/mol. The Labute approximate surface area is 122 Å². The average Bonchev–Trinajstić information content (AvgIpc) is 3.39. The second-order valence-corrected chi connectivity index (χ2v) is 7.00. The van der Waals surface area contributed by atoms with E-state index in [1.165, 1.54) is 50.6 Å². The lowest BCUT2D eigenvalue weighted by Crippen LogP contribution is -2.42. The highest BCUT2D eigenvalue weighted by molar-refractivity contribution is 5.32. The molecule has 4 rings (SSSR count). The summed E-state index contributed by atoms with van der Waals surface area (Å²) >= 11 is 0. The number of likely N-dealkylation sites (tertiary alicyclic amines) is 1. The Kier molecular flexibility index (Phi) is 3.31. The van der Waals surface area contributed by atoms with Gasteiger partial charge in [-0.3, -0.25) is 4.90 Å². The van der Waals surface area contributed by atoms with Crippen LogP contribution in [0.15, 0.2) is 24.3 Å². The van der Waals surface area contributed by atoms with Gasteiger partial charge in [0.1, 0.15) is 0 Å². The average molecular weight is 270 g/mol. The summed E-state index contributed by atoms with van der Waals surface area (Å²) in [6, 6.07) is 10.9. The Balaban J connectivity index is 1.65. The van der Waals surface area contributed by atoms with Gasteiger partial charge in [0.25, 0.3) is 0 Å². The van der Waals surface area contributed by atoms with Crippen molar-refractivity contribution >= 4 is 0 Å². The highest BCUT2D eigenvalue weighted by atomic mass is 15.2. The molecule has 0 aromatic heterocycles. The molecule has 1 aliphatic heterocycles. The first-order valence-electron chi connectivity index (χ1n) is 8.42. The molecule has 2 atom stereocenters. The summed E-state index contributed by atoms with van der Waals surface area (Å²) in [6.07, 6.45) is 8.21. The van der Waals surface area contributed by atoms with E-state index in [0.717, 1.165) is 18.5 Å². The summed E-state index contributed by atoms with van der Waals surface area (Å²) in [7, 11) is 0. The molecule has 108 valence electrons.